The lowest BCUT2D eigenvalue weighted by atomic mass is 9.88. The van der Waals surface area contributed by atoms with Crippen LogP contribution in [0, 0.1) is 11.8 Å². The van der Waals surface area contributed by atoms with Crippen molar-refractivity contribution in [1.82, 2.24) is 0 Å². The third-order valence-corrected chi connectivity index (χ3v) is 3.03. The number of Topliss-reactive ketones (excluding diaryl/α,β-unsaturated/α-hetero) is 1. The number of rotatable bonds is 6. The van der Waals surface area contributed by atoms with Crippen molar-refractivity contribution in [2.24, 2.45) is 11.8 Å². The molecule has 3 heteroatoms. The zero-order valence-corrected chi connectivity index (χ0v) is 9.62. The van der Waals surface area contributed by atoms with Gasteiger partial charge >= 0.3 is 5.97 Å². The minimum absolute atomic E-state index is 0.0435. The van der Waals surface area contributed by atoms with E-state index in [9.17, 15) is 9.59 Å². The molecule has 0 aromatic carbocycles. The van der Waals surface area contributed by atoms with Gasteiger partial charge in [0, 0.05) is 5.92 Å². The summed E-state index contributed by atoms with van der Waals surface area (Å²) in [5.74, 6) is -0.709. The molecule has 0 spiro atoms. The van der Waals surface area contributed by atoms with E-state index >= 15 is 0 Å². The second-order valence-electron chi connectivity index (χ2n) is 4.33. The summed E-state index contributed by atoms with van der Waals surface area (Å²) in [5, 5.41) is 0. The lowest BCUT2D eigenvalue weighted by Gasteiger charge is -2.11. The number of hydrogen-bond donors (Lipinski definition) is 0. The Morgan fingerprint density at radius 1 is 1.40 bits per heavy atom. The van der Waals surface area contributed by atoms with Crippen LogP contribution < -0.4 is 0 Å². The molecule has 86 valence electrons. The summed E-state index contributed by atoms with van der Waals surface area (Å²) in [4.78, 5) is 22.5. The quantitative estimate of drug-likeness (QED) is 0.385. The molecular weight excluding hydrogens is 192 g/mol. The minimum Gasteiger partial charge on any atom is -0.465 e. The van der Waals surface area contributed by atoms with Crippen LogP contribution in [-0.4, -0.2) is 18.4 Å². The van der Waals surface area contributed by atoms with Crippen molar-refractivity contribution in [3.63, 3.8) is 0 Å². The van der Waals surface area contributed by atoms with Crippen LogP contribution in [0.4, 0.5) is 0 Å². The second-order valence-corrected chi connectivity index (χ2v) is 4.33. The molecule has 3 nitrogen and oxygen atoms in total. The van der Waals surface area contributed by atoms with Gasteiger partial charge in [-0.15, -0.1) is 0 Å². The van der Waals surface area contributed by atoms with E-state index in [2.05, 4.69) is 6.92 Å². The molecule has 1 aliphatic rings. The summed E-state index contributed by atoms with van der Waals surface area (Å²) >= 11 is 0. The number of unbranched alkanes of at least 4 members (excludes halogenated alkanes) is 3. The van der Waals surface area contributed by atoms with E-state index in [4.69, 9.17) is 4.74 Å². The molecule has 2 atom stereocenters. The maximum absolute atomic E-state index is 11.3. The highest BCUT2D eigenvalue weighted by Crippen LogP contribution is 2.27. The molecule has 1 aliphatic heterocycles. The average molecular weight is 212 g/mol. The summed E-state index contributed by atoms with van der Waals surface area (Å²) in [7, 11) is 0. The summed E-state index contributed by atoms with van der Waals surface area (Å²) in [6.45, 7) is 4.09. The number of carbonyl (C=O) groups is 2. The van der Waals surface area contributed by atoms with Gasteiger partial charge in [-0.05, 0) is 13.3 Å². The highest BCUT2D eigenvalue weighted by atomic mass is 16.5. The number of esters is 1. The van der Waals surface area contributed by atoms with E-state index in [1.165, 1.54) is 26.2 Å². The fourth-order valence-corrected chi connectivity index (χ4v) is 2.15. The van der Waals surface area contributed by atoms with Crippen molar-refractivity contribution < 1.29 is 14.3 Å². The Bertz CT molecular complexity index is 235. The lowest BCUT2D eigenvalue weighted by Crippen LogP contribution is -2.23. The van der Waals surface area contributed by atoms with Gasteiger partial charge in [0.25, 0.3) is 0 Å². The van der Waals surface area contributed by atoms with E-state index < -0.39 is 5.92 Å². The Morgan fingerprint density at radius 2 is 2.13 bits per heavy atom. The van der Waals surface area contributed by atoms with Crippen LogP contribution in [0.25, 0.3) is 0 Å². The highest BCUT2D eigenvalue weighted by molar-refractivity contribution is 5.99. The van der Waals surface area contributed by atoms with Gasteiger partial charge in [-0.25, -0.2) is 0 Å². The minimum atomic E-state index is -0.480. The normalized spacial score (nSPS) is 25.3. The smallest absolute Gasteiger partial charge is 0.316 e. The van der Waals surface area contributed by atoms with Crippen LogP contribution in [0.5, 0.6) is 0 Å². The van der Waals surface area contributed by atoms with Crippen molar-refractivity contribution in [2.75, 3.05) is 6.61 Å². The summed E-state index contributed by atoms with van der Waals surface area (Å²) in [5.41, 5.74) is 0. The van der Waals surface area contributed by atoms with Crippen LogP contribution in [0.2, 0.25) is 0 Å². The van der Waals surface area contributed by atoms with E-state index in [0.717, 1.165) is 12.8 Å². The molecule has 0 N–H and O–H groups in total. The number of cyclic esters (lactones) is 1. The van der Waals surface area contributed by atoms with E-state index in [0.29, 0.717) is 6.61 Å². The third kappa shape index (κ3) is 3.33. The molecule has 1 rings (SSSR count). The molecule has 0 aliphatic carbocycles. The van der Waals surface area contributed by atoms with Crippen molar-refractivity contribution >= 4 is 11.8 Å². The first-order valence-electron chi connectivity index (χ1n) is 5.84. The SMILES string of the molecule is CCCCCC[C@@H]1COC(=O)[C@H]1C(C)=O. The second kappa shape index (κ2) is 5.89. The number of ketones is 1. The fraction of sp³-hybridized carbons (Fsp3) is 0.833. The molecule has 0 amide bonds. The first kappa shape index (κ1) is 12.2. The number of hydrogen-bond acceptors (Lipinski definition) is 3. The third-order valence-electron chi connectivity index (χ3n) is 3.03. The van der Waals surface area contributed by atoms with Gasteiger partial charge in [0.2, 0.25) is 0 Å². The van der Waals surface area contributed by atoms with Crippen LogP contribution in [0.1, 0.15) is 46.0 Å². The van der Waals surface area contributed by atoms with E-state index in [1.54, 1.807) is 0 Å². The molecule has 1 heterocycles. The maximum Gasteiger partial charge on any atom is 0.316 e. The molecule has 1 fully saturated rings. The highest BCUT2D eigenvalue weighted by Gasteiger charge is 2.39. The van der Waals surface area contributed by atoms with Crippen molar-refractivity contribution in [3.05, 3.63) is 0 Å². The molecule has 0 aromatic heterocycles. The van der Waals surface area contributed by atoms with Crippen molar-refractivity contribution in [3.8, 4) is 0 Å². The van der Waals surface area contributed by atoms with Crippen LogP contribution in [0.15, 0.2) is 0 Å². The molecule has 0 bridgehead atoms. The monoisotopic (exact) mass is 212 g/mol. The molecular formula is C12H20O3. The largest absolute Gasteiger partial charge is 0.465 e. The Labute approximate surface area is 91.2 Å². The predicted octanol–water partition coefficient (Wildman–Crippen LogP) is 2.33. The summed E-state index contributed by atoms with van der Waals surface area (Å²) in [6.07, 6.45) is 5.66. The number of carbonyl (C=O) groups excluding carboxylic acids is 2. The predicted molar refractivity (Wildman–Crippen MR) is 57.4 cm³/mol. The topological polar surface area (TPSA) is 43.4 Å². The van der Waals surface area contributed by atoms with Crippen molar-refractivity contribution in [1.29, 1.82) is 0 Å². The van der Waals surface area contributed by atoms with Crippen LogP contribution >= 0.6 is 0 Å². The number of ether oxygens (including phenoxy) is 1. The molecule has 0 radical (unpaired) electrons. The fourth-order valence-electron chi connectivity index (χ4n) is 2.15. The molecule has 1 saturated heterocycles. The van der Waals surface area contributed by atoms with Gasteiger partial charge in [-0.3, -0.25) is 9.59 Å². The average Bonchev–Trinajstić information content (AvgIpc) is 2.54. The molecule has 0 saturated carbocycles. The van der Waals surface area contributed by atoms with E-state index in [-0.39, 0.29) is 17.7 Å². The van der Waals surface area contributed by atoms with Crippen molar-refractivity contribution in [2.45, 2.75) is 46.0 Å². The first-order chi connectivity index (χ1) is 7.16. The molecule has 0 unspecified atom stereocenters. The summed E-state index contributed by atoms with van der Waals surface area (Å²) in [6, 6.07) is 0. The Balaban J connectivity index is 2.34. The van der Waals surface area contributed by atoms with Gasteiger partial charge in [-0.1, -0.05) is 32.6 Å². The Hall–Kier alpha value is -0.860. The maximum atomic E-state index is 11.3. The zero-order valence-electron chi connectivity index (χ0n) is 9.62. The Kier molecular flexibility index (Phi) is 4.79. The first-order valence-corrected chi connectivity index (χ1v) is 5.84. The standard InChI is InChI=1S/C12H20O3/c1-3-4-5-6-7-10-8-15-12(14)11(10)9(2)13/h10-11H,3-8H2,1-2H3/t10-,11+/m1/s1. The van der Waals surface area contributed by atoms with Crippen LogP contribution in [0.3, 0.4) is 0 Å². The summed E-state index contributed by atoms with van der Waals surface area (Å²) < 4.78 is 4.94. The molecule has 15 heavy (non-hydrogen) atoms. The molecule has 0 aromatic rings. The van der Waals surface area contributed by atoms with Gasteiger partial charge in [0.15, 0.2) is 0 Å². The Morgan fingerprint density at radius 3 is 2.73 bits per heavy atom. The van der Waals surface area contributed by atoms with E-state index in [1.807, 2.05) is 0 Å². The zero-order chi connectivity index (χ0) is 11.3. The van der Waals surface area contributed by atoms with Gasteiger partial charge < -0.3 is 4.74 Å². The van der Waals surface area contributed by atoms with Crippen LogP contribution in [-0.2, 0) is 14.3 Å². The van der Waals surface area contributed by atoms with Gasteiger partial charge in [0.1, 0.15) is 11.7 Å². The van der Waals surface area contributed by atoms with Gasteiger partial charge in [-0.2, -0.15) is 0 Å². The lowest BCUT2D eigenvalue weighted by molar-refractivity contribution is -0.144. The van der Waals surface area contributed by atoms with Gasteiger partial charge in [0.05, 0.1) is 6.61 Å².